The van der Waals surface area contributed by atoms with Crippen molar-refractivity contribution < 1.29 is 4.79 Å². The fourth-order valence-corrected chi connectivity index (χ4v) is 2.34. The van der Waals surface area contributed by atoms with Gasteiger partial charge in [0.05, 0.1) is 0 Å². The van der Waals surface area contributed by atoms with E-state index in [9.17, 15) is 4.79 Å². The second kappa shape index (κ2) is 6.60. The van der Waals surface area contributed by atoms with Crippen LogP contribution in [0.4, 0.5) is 5.69 Å². The lowest BCUT2D eigenvalue weighted by Gasteiger charge is -2.22. The molecule has 0 heterocycles. The van der Waals surface area contributed by atoms with Crippen molar-refractivity contribution in [3.05, 3.63) is 29.8 Å². The molecule has 106 valence electrons. The van der Waals surface area contributed by atoms with Crippen LogP contribution < -0.4 is 11.1 Å². The van der Waals surface area contributed by atoms with E-state index in [1.165, 1.54) is 0 Å². The minimum atomic E-state index is 0.119. The predicted molar refractivity (Wildman–Crippen MR) is 80.6 cm³/mol. The predicted octanol–water partition coefficient (Wildman–Crippen LogP) is 3.35. The molecule has 1 atom stereocenters. The van der Waals surface area contributed by atoms with Gasteiger partial charge in [0, 0.05) is 18.7 Å². The third kappa shape index (κ3) is 6.85. The van der Waals surface area contributed by atoms with E-state index in [0.717, 1.165) is 17.7 Å². The molecule has 0 aliphatic carbocycles. The molecule has 0 aliphatic heterocycles. The highest BCUT2D eigenvalue weighted by molar-refractivity contribution is 5.76. The Kier molecular flexibility index (Phi) is 5.40. The lowest BCUT2D eigenvalue weighted by Crippen LogP contribution is -2.25. The molecule has 19 heavy (non-hydrogen) atoms. The molecule has 1 aromatic rings. The van der Waals surface area contributed by atoms with E-state index in [-0.39, 0.29) is 11.3 Å². The molecule has 3 nitrogen and oxygen atoms in total. The third-order valence-electron chi connectivity index (χ3n) is 2.96. The molecule has 1 aromatic carbocycles. The number of nitrogen functional groups attached to an aromatic ring is 1. The van der Waals surface area contributed by atoms with E-state index in [0.29, 0.717) is 18.9 Å². The van der Waals surface area contributed by atoms with E-state index in [1.54, 1.807) is 0 Å². The van der Waals surface area contributed by atoms with Crippen molar-refractivity contribution in [3.63, 3.8) is 0 Å². The standard InChI is InChI=1S/C16H26N2O/c1-12(10-16(2,3)4)9-15(19)18-11-13-5-7-14(17)8-6-13/h5-8,12H,9-11,17H2,1-4H3,(H,18,19). The highest BCUT2D eigenvalue weighted by Crippen LogP contribution is 2.25. The zero-order valence-corrected chi connectivity index (χ0v) is 12.5. The second-order valence-corrected chi connectivity index (χ2v) is 6.59. The van der Waals surface area contributed by atoms with Gasteiger partial charge in [-0.1, -0.05) is 39.8 Å². The van der Waals surface area contributed by atoms with Crippen LogP contribution >= 0.6 is 0 Å². The summed E-state index contributed by atoms with van der Waals surface area (Å²) in [5.74, 6) is 0.528. The van der Waals surface area contributed by atoms with Crippen LogP contribution in [0.3, 0.4) is 0 Å². The Morgan fingerprint density at radius 1 is 1.26 bits per heavy atom. The van der Waals surface area contributed by atoms with Gasteiger partial charge in [-0.25, -0.2) is 0 Å². The van der Waals surface area contributed by atoms with Crippen molar-refractivity contribution >= 4 is 11.6 Å². The number of nitrogens with one attached hydrogen (secondary N) is 1. The maximum absolute atomic E-state index is 11.8. The van der Waals surface area contributed by atoms with Crippen molar-refractivity contribution in [2.45, 2.75) is 47.1 Å². The summed E-state index contributed by atoms with van der Waals surface area (Å²) in [5.41, 5.74) is 7.71. The van der Waals surface area contributed by atoms with Crippen LogP contribution in [-0.4, -0.2) is 5.91 Å². The van der Waals surface area contributed by atoms with Crippen molar-refractivity contribution in [1.29, 1.82) is 0 Å². The van der Waals surface area contributed by atoms with Crippen molar-refractivity contribution in [1.82, 2.24) is 5.32 Å². The highest BCUT2D eigenvalue weighted by Gasteiger charge is 2.17. The number of benzene rings is 1. The second-order valence-electron chi connectivity index (χ2n) is 6.59. The number of carbonyl (C=O) groups is 1. The molecule has 0 saturated carbocycles. The molecule has 0 spiro atoms. The minimum Gasteiger partial charge on any atom is -0.399 e. The molecule has 3 heteroatoms. The van der Waals surface area contributed by atoms with E-state index in [1.807, 2.05) is 24.3 Å². The summed E-state index contributed by atoms with van der Waals surface area (Å²) in [6.07, 6.45) is 1.65. The largest absolute Gasteiger partial charge is 0.399 e. The van der Waals surface area contributed by atoms with E-state index < -0.39 is 0 Å². The molecule has 0 bridgehead atoms. The van der Waals surface area contributed by atoms with Crippen LogP contribution in [0, 0.1) is 11.3 Å². The van der Waals surface area contributed by atoms with Gasteiger partial charge in [-0.2, -0.15) is 0 Å². The molecule has 0 fully saturated rings. The van der Waals surface area contributed by atoms with Gasteiger partial charge in [0.25, 0.3) is 0 Å². The molecule has 0 aromatic heterocycles. The Bertz CT molecular complexity index is 404. The first kappa shape index (κ1) is 15.5. The first-order valence-corrected chi connectivity index (χ1v) is 6.87. The topological polar surface area (TPSA) is 55.1 Å². The molecule has 0 saturated heterocycles. The molecule has 1 amide bonds. The molecule has 0 aliphatic rings. The average Bonchev–Trinajstić information content (AvgIpc) is 2.25. The van der Waals surface area contributed by atoms with Crippen molar-refractivity contribution in [2.24, 2.45) is 11.3 Å². The molecule has 1 rings (SSSR count). The Balaban J connectivity index is 2.33. The highest BCUT2D eigenvalue weighted by atomic mass is 16.1. The first-order chi connectivity index (χ1) is 8.76. The maximum Gasteiger partial charge on any atom is 0.220 e. The summed E-state index contributed by atoms with van der Waals surface area (Å²) in [6.45, 7) is 9.32. The maximum atomic E-state index is 11.8. The van der Waals surface area contributed by atoms with Crippen LogP contribution in [0.25, 0.3) is 0 Å². The van der Waals surface area contributed by atoms with Gasteiger partial charge in [0.2, 0.25) is 5.91 Å². The molecule has 1 unspecified atom stereocenters. The minimum absolute atomic E-state index is 0.119. The summed E-state index contributed by atoms with van der Waals surface area (Å²) in [6, 6.07) is 7.58. The normalized spacial score (nSPS) is 13.1. The van der Waals surface area contributed by atoms with E-state index in [2.05, 4.69) is 33.0 Å². The summed E-state index contributed by atoms with van der Waals surface area (Å²) >= 11 is 0. The van der Waals surface area contributed by atoms with Crippen LogP contribution in [0.5, 0.6) is 0 Å². The van der Waals surface area contributed by atoms with Gasteiger partial charge in [0.1, 0.15) is 0 Å². The SMILES string of the molecule is CC(CC(=O)NCc1ccc(N)cc1)CC(C)(C)C. The fraction of sp³-hybridized carbons (Fsp3) is 0.562. The number of rotatable bonds is 5. The van der Waals surface area contributed by atoms with E-state index in [4.69, 9.17) is 5.73 Å². The van der Waals surface area contributed by atoms with Gasteiger partial charge in [-0.05, 0) is 35.4 Å². The van der Waals surface area contributed by atoms with Crippen molar-refractivity contribution in [3.8, 4) is 0 Å². The van der Waals surface area contributed by atoms with Gasteiger partial charge >= 0.3 is 0 Å². The zero-order valence-electron chi connectivity index (χ0n) is 12.5. The summed E-state index contributed by atoms with van der Waals surface area (Å²) in [7, 11) is 0. The van der Waals surface area contributed by atoms with Crippen LogP contribution in [0.15, 0.2) is 24.3 Å². The van der Waals surface area contributed by atoms with Crippen molar-refractivity contribution in [2.75, 3.05) is 5.73 Å². The van der Waals surface area contributed by atoms with Gasteiger partial charge in [0.15, 0.2) is 0 Å². The summed E-state index contributed by atoms with van der Waals surface area (Å²) < 4.78 is 0. The van der Waals surface area contributed by atoms with Crippen LogP contribution in [0.1, 0.15) is 46.1 Å². The Hall–Kier alpha value is -1.51. The van der Waals surface area contributed by atoms with Gasteiger partial charge < -0.3 is 11.1 Å². The molecular formula is C16H26N2O. The number of hydrogen-bond acceptors (Lipinski definition) is 2. The first-order valence-electron chi connectivity index (χ1n) is 6.87. The fourth-order valence-electron chi connectivity index (χ4n) is 2.34. The Morgan fingerprint density at radius 2 is 1.84 bits per heavy atom. The number of amides is 1. The Labute approximate surface area is 116 Å². The molecular weight excluding hydrogens is 236 g/mol. The number of anilines is 1. The quantitative estimate of drug-likeness (QED) is 0.800. The van der Waals surface area contributed by atoms with Gasteiger partial charge in [-0.3, -0.25) is 4.79 Å². The van der Waals surface area contributed by atoms with Gasteiger partial charge in [-0.15, -0.1) is 0 Å². The molecule has 0 radical (unpaired) electrons. The lowest BCUT2D eigenvalue weighted by atomic mass is 9.84. The van der Waals surface area contributed by atoms with Crippen LogP contribution in [0.2, 0.25) is 0 Å². The average molecular weight is 262 g/mol. The number of carbonyl (C=O) groups excluding carboxylic acids is 1. The smallest absolute Gasteiger partial charge is 0.220 e. The Morgan fingerprint density at radius 3 is 2.37 bits per heavy atom. The molecule has 3 N–H and O–H groups in total. The summed E-state index contributed by atoms with van der Waals surface area (Å²) in [4.78, 5) is 11.8. The van der Waals surface area contributed by atoms with Crippen LogP contribution in [-0.2, 0) is 11.3 Å². The monoisotopic (exact) mass is 262 g/mol. The summed E-state index contributed by atoms with van der Waals surface area (Å²) in [5, 5.41) is 2.96. The number of hydrogen-bond donors (Lipinski definition) is 2. The number of nitrogens with two attached hydrogens (primary N) is 1. The lowest BCUT2D eigenvalue weighted by molar-refractivity contribution is -0.122. The zero-order chi connectivity index (χ0) is 14.5. The van der Waals surface area contributed by atoms with E-state index >= 15 is 0 Å². The third-order valence-corrected chi connectivity index (χ3v) is 2.96.